The van der Waals surface area contributed by atoms with Gasteiger partial charge in [-0.2, -0.15) is 4.31 Å². The molecule has 1 rings (SSSR count). The fraction of sp³-hybridized carbons (Fsp3) is 0.417. The molecule has 0 bridgehead atoms. The highest BCUT2D eigenvalue weighted by Gasteiger charge is 2.24. The number of nitrogens with zero attached hydrogens (tertiary/aromatic N) is 1. The normalized spacial score (nSPS) is 11.7. The third kappa shape index (κ3) is 5.37. The number of hydrogen-bond acceptors (Lipinski definition) is 4. The van der Waals surface area contributed by atoms with E-state index >= 15 is 0 Å². The van der Waals surface area contributed by atoms with Gasteiger partial charge in [0.1, 0.15) is 0 Å². The molecule has 0 spiro atoms. The Balaban J connectivity index is 2.85. The van der Waals surface area contributed by atoms with Crippen molar-refractivity contribution in [1.29, 1.82) is 0 Å². The first-order chi connectivity index (χ1) is 8.95. The molecule has 19 heavy (non-hydrogen) atoms. The number of carboxylic acids is 1. The largest absolute Gasteiger partial charge is 0.480 e. The lowest BCUT2D eigenvalue weighted by atomic mass is 10.2. The van der Waals surface area contributed by atoms with Gasteiger partial charge in [0.25, 0.3) is 0 Å². The van der Waals surface area contributed by atoms with Crippen LogP contribution in [0.25, 0.3) is 0 Å². The van der Waals surface area contributed by atoms with Gasteiger partial charge in [-0.05, 0) is 18.5 Å². The Morgan fingerprint density at radius 3 is 2.42 bits per heavy atom. The van der Waals surface area contributed by atoms with Crippen molar-refractivity contribution in [3.05, 3.63) is 35.9 Å². The van der Waals surface area contributed by atoms with E-state index in [0.29, 0.717) is 13.0 Å². The van der Waals surface area contributed by atoms with Crippen molar-refractivity contribution in [3.8, 4) is 0 Å². The second-order valence-corrected chi connectivity index (χ2v) is 6.08. The summed E-state index contributed by atoms with van der Waals surface area (Å²) in [5, 5.41) is 8.66. The molecule has 0 unspecified atom stereocenters. The Morgan fingerprint density at radius 1 is 1.26 bits per heavy atom. The molecule has 1 aromatic carbocycles. The fourth-order valence-corrected chi connectivity index (χ4v) is 2.87. The van der Waals surface area contributed by atoms with Crippen LogP contribution in [0.15, 0.2) is 30.3 Å². The third-order valence-electron chi connectivity index (χ3n) is 2.51. The molecule has 0 fully saturated rings. The molecule has 0 aliphatic carbocycles. The van der Waals surface area contributed by atoms with Gasteiger partial charge in [0.05, 0.1) is 0 Å². The van der Waals surface area contributed by atoms with Gasteiger partial charge < -0.3 is 10.8 Å². The van der Waals surface area contributed by atoms with Crippen LogP contribution in [0.1, 0.15) is 12.0 Å². The van der Waals surface area contributed by atoms with Crippen LogP contribution >= 0.6 is 0 Å². The minimum Gasteiger partial charge on any atom is -0.480 e. The first kappa shape index (κ1) is 15.6. The predicted molar refractivity (Wildman–Crippen MR) is 71.9 cm³/mol. The van der Waals surface area contributed by atoms with Gasteiger partial charge in [0.15, 0.2) is 5.75 Å². The molecule has 0 radical (unpaired) electrons. The second kappa shape index (κ2) is 7.22. The van der Waals surface area contributed by atoms with Gasteiger partial charge in [-0.25, -0.2) is 8.42 Å². The average molecular weight is 286 g/mol. The minimum atomic E-state index is -3.81. The summed E-state index contributed by atoms with van der Waals surface area (Å²) in [6, 6.07) is 9.04. The summed E-state index contributed by atoms with van der Waals surface area (Å²) in [7, 11) is -3.81. The molecule has 0 saturated carbocycles. The molecular formula is C12H18N2O4S. The third-order valence-corrected chi connectivity index (χ3v) is 4.22. The molecule has 7 heteroatoms. The Kier molecular flexibility index (Phi) is 5.94. The molecule has 0 amide bonds. The van der Waals surface area contributed by atoms with E-state index in [9.17, 15) is 13.2 Å². The first-order valence-corrected chi connectivity index (χ1v) is 7.50. The Morgan fingerprint density at radius 2 is 1.89 bits per heavy atom. The van der Waals surface area contributed by atoms with Crippen molar-refractivity contribution >= 4 is 16.0 Å². The van der Waals surface area contributed by atoms with Gasteiger partial charge in [0, 0.05) is 13.1 Å². The lowest BCUT2D eigenvalue weighted by molar-refractivity contribution is -0.134. The predicted octanol–water partition coefficient (Wildman–Crippen LogP) is 0.252. The number of nitrogens with two attached hydrogens (primary N) is 1. The molecule has 0 aliphatic heterocycles. The summed E-state index contributed by atoms with van der Waals surface area (Å²) in [5.74, 6) is -2.25. The molecule has 0 heterocycles. The van der Waals surface area contributed by atoms with Crippen molar-refractivity contribution < 1.29 is 18.3 Å². The first-order valence-electron chi connectivity index (χ1n) is 5.89. The Labute approximate surface area is 112 Å². The topological polar surface area (TPSA) is 101 Å². The van der Waals surface area contributed by atoms with Crippen LogP contribution in [-0.4, -0.2) is 42.6 Å². The Bertz CT molecular complexity index is 502. The highest BCUT2D eigenvalue weighted by Crippen LogP contribution is 2.10. The number of benzene rings is 1. The van der Waals surface area contributed by atoms with E-state index in [1.165, 1.54) is 4.31 Å². The number of sulfonamides is 1. The van der Waals surface area contributed by atoms with E-state index in [4.69, 9.17) is 10.8 Å². The summed E-state index contributed by atoms with van der Waals surface area (Å²) in [6.45, 7) is 0.741. The molecule has 1 aromatic rings. The van der Waals surface area contributed by atoms with E-state index < -0.39 is 21.7 Å². The lowest BCUT2D eigenvalue weighted by Gasteiger charge is -2.21. The van der Waals surface area contributed by atoms with Crippen molar-refractivity contribution in [2.75, 3.05) is 18.8 Å². The number of hydrogen-bond donors (Lipinski definition) is 2. The van der Waals surface area contributed by atoms with Crippen molar-refractivity contribution in [1.82, 2.24) is 4.31 Å². The molecule has 3 N–H and O–H groups in total. The van der Waals surface area contributed by atoms with Crippen LogP contribution in [-0.2, 0) is 21.4 Å². The van der Waals surface area contributed by atoms with E-state index in [1.807, 2.05) is 6.07 Å². The second-order valence-electron chi connectivity index (χ2n) is 4.11. The van der Waals surface area contributed by atoms with Gasteiger partial charge in [-0.1, -0.05) is 30.3 Å². The van der Waals surface area contributed by atoms with Crippen LogP contribution < -0.4 is 5.73 Å². The minimum absolute atomic E-state index is 0.163. The van der Waals surface area contributed by atoms with Crippen LogP contribution in [0, 0.1) is 0 Å². The zero-order chi connectivity index (χ0) is 14.3. The van der Waals surface area contributed by atoms with Crippen LogP contribution in [0.3, 0.4) is 0 Å². The summed E-state index contributed by atoms with van der Waals surface area (Å²) in [6.07, 6.45) is 0.492. The average Bonchev–Trinajstić information content (AvgIpc) is 2.34. The van der Waals surface area contributed by atoms with Crippen molar-refractivity contribution in [2.45, 2.75) is 13.0 Å². The van der Waals surface area contributed by atoms with E-state index in [1.54, 1.807) is 24.3 Å². The number of carboxylic acid groups (broad SMARTS) is 1. The quantitative estimate of drug-likeness (QED) is 0.713. The van der Waals surface area contributed by atoms with Gasteiger partial charge in [-0.3, -0.25) is 4.79 Å². The van der Waals surface area contributed by atoms with E-state index in [0.717, 1.165) is 5.56 Å². The molecule has 6 nitrogen and oxygen atoms in total. The van der Waals surface area contributed by atoms with Crippen LogP contribution in [0.2, 0.25) is 0 Å². The monoisotopic (exact) mass is 286 g/mol. The molecule has 0 aromatic heterocycles. The molecule has 106 valence electrons. The van der Waals surface area contributed by atoms with Crippen LogP contribution in [0.5, 0.6) is 0 Å². The SMILES string of the molecule is NCCCN(Cc1ccccc1)S(=O)(=O)CC(=O)O. The zero-order valence-corrected chi connectivity index (χ0v) is 11.3. The highest BCUT2D eigenvalue weighted by atomic mass is 32.2. The Hall–Kier alpha value is -1.44. The lowest BCUT2D eigenvalue weighted by Crippen LogP contribution is -2.36. The molecule has 0 atom stereocenters. The standard InChI is InChI=1S/C12H18N2O4S/c13-7-4-8-14(19(17,18)10-12(15)16)9-11-5-2-1-3-6-11/h1-3,5-6H,4,7-10,13H2,(H,15,16). The maximum Gasteiger partial charge on any atom is 0.320 e. The maximum absolute atomic E-state index is 12.0. The summed E-state index contributed by atoms with van der Waals surface area (Å²) in [4.78, 5) is 10.6. The summed E-state index contributed by atoms with van der Waals surface area (Å²) >= 11 is 0. The number of rotatable bonds is 8. The van der Waals surface area contributed by atoms with E-state index in [2.05, 4.69) is 0 Å². The van der Waals surface area contributed by atoms with Gasteiger partial charge in [0.2, 0.25) is 10.0 Å². The molecular weight excluding hydrogens is 268 g/mol. The maximum atomic E-state index is 12.0. The zero-order valence-electron chi connectivity index (χ0n) is 10.5. The smallest absolute Gasteiger partial charge is 0.320 e. The summed E-state index contributed by atoms with van der Waals surface area (Å²) < 4.78 is 25.1. The molecule has 0 aliphatic rings. The van der Waals surface area contributed by atoms with Gasteiger partial charge >= 0.3 is 5.97 Å². The van der Waals surface area contributed by atoms with E-state index in [-0.39, 0.29) is 13.1 Å². The summed E-state index contributed by atoms with van der Waals surface area (Å²) in [5.41, 5.74) is 6.19. The van der Waals surface area contributed by atoms with Crippen molar-refractivity contribution in [2.24, 2.45) is 5.73 Å². The van der Waals surface area contributed by atoms with Crippen molar-refractivity contribution in [3.63, 3.8) is 0 Å². The fourth-order valence-electron chi connectivity index (χ4n) is 1.62. The number of carbonyl (C=O) groups is 1. The van der Waals surface area contributed by atoms with Gasteiger partial charge in [-0.15, -0.1) is 0 Å². The number of aliphatic carboxylic acids is 1. The highest BCUT2D eigenvalue weighted by molar-refractivity contribution is 7.89. The molecule has 0 saturated heterocycles. The van der Waals surface area contributed by atoms with Crippen LogP contribution in [0.4, 0.5) is 0 Å².